The summed E-state index contributed by atoms with van der Waals surface area (Å²) < 4.78 is 11.5. The van der Waals surface area contributed by atoms with Gasteiger partial charge in [-0.2, -0.15) is 0 Å². The number of aryl methyl sites for hydroxylation is 1. The van der Waals surface area contributed by atoms with Crippen molar-refractivity contribution in [3.8, 4) is 11.5 Å². The molecule has 0 saturated carbocycles. The Kier molecular flexibility index (Phi) is 5.12. The third kappa shape index (κ3) is 3.83. The number of nitrogens with one attached hydrogen (secondary N) is 1. The molecule has 0 aliphatic carbocycles. The maximum atomic E-state index is 12.9. The van der Waals surface area contributed by atoms with E-state index in [-0.39, 0.29) is 18.6 Å². The predicted molar refractivity (Wildman–Crippen MR) is 106 cm³/mol. The lowest BCUT2D eigenvalue weighted by atomic mass is 10.0. The molecule has 1 aliphatic rings. The van der Waals surface area contributed by atoms with E-state index in [1.54, 1.807) is 11.3 Å². The van der Waals surface area contributed by atoms with Crippen molar-refractivity contribution < 1.29 is 14.3 Å². The summed E-state index contributed by atoms with van der Waals surface area (Å²) in [5, 5.41) is 5.16. The molecule has 27 heavy (non-hydrogen) atoms. The highest BCUT2D eigenvalue weighted by Gasteiger charge is 2.29. The SMILES string of the molecule is CCc1ccc([C@@H](NC(=O)[C@H]2COc3ccccc3O2)c2cccs2)cc1. The third-order valence-corrected chi connectivity index (χ3v) is 5.57. The van der Waals surface area contributed by atoms with Crippen molar-refractivity contribution in [2.45, 2.75) is 25.5 Å². The van der Waals surface area contributed by atoms with Crippen molar-refractivity contribution >= 4 is 17.2 Å². The van der Waals surface area contributed by atoms with Gasteiger partial charge in [0.25, 0.3) is 5.91 Å². The minimum Gasteiger partial charge on any atom is -0.485 e. The van der Waals surface area contributed by atoms with Gasteiger partial charge in [-0.1, -0.05) is 49.4 Å². The van der Waals surface area contributed by atoms with Crippen molar-refractivity contribution in [3.63, 3.8) is 0 Å². The highest BCUT2D eigenvalue weighted by Crippen LogP contribution is 2.32. The van der Waals surface area contributed by atoms with Crippen LogP contribution in [0.2, 0.25) is 0 Å². The van der Waals surface area contributed by atoms with Crippen LogP contribution in [0.1, 0.15) is 29.0 Å². The van der Waals surface area contributed by atoms with Crippen LogP contribution in [0, 0.1) is 0 Å². The largest absolute Gasteiger partial charge is 0.485 e. The van der Waals surface area contributed by atoms with Gasteiger partial charge in [0.2, 0.25) is 6.10 Å². The van der Waals surface area contributed by atoms with Crippen LogP contribution in [-0.2, 0) is 11.2 Å². The van der Waals surface area contributed by atoms with Gasteiger partial charge in [0.1, 0.15) is 6.61 Å². The highest BCUT2D eigenvalue weighted by atomic mass is 32.1. The van der Waals surface area contributed by atoms with Crippen LogP contribution < -0.4 is 14.8 Å². The van der Waals surface area contributed by atoms with E-state index in [4.69, 9.17) is 9.47 Å². The molecule has 4 nitrogen and oxygen atoms in total. The van der Waals surface area contributed by atoms with Crippen LogP contribution in [0.3, 0.4) is 0 Å². The van der Waals surface area contributed by atoms with Crippen molar-refractivity contribution in [2.75, 3.05) is 6.61 Å². The average Bonchev–Trinajstić information content (AvgIpc) is 3.26. The molecular weight excluding hydrogens is 358 g/mol. The number of benzene rings is 2. The van der Waals surface area contributed by atoms with Crippen molar-refractivity contribution in [2.24, 2.45) is 0 Å². The lowest BCUT2D eigenvalue weighted by Crippen LogP contribution is -2.45. The maximum Gasteiger partial charge on any atom is 0.265 e. The zero-order valence-corrected chi connectivity index (χ0v) is 15.9. The number of hydrogen-bond acceptors (Lipinski definition) is 4. The van der Waals surface area contributed by atoms with Gasteiger partial charge in [0.15, 0.2) is 11.5 Å². The number of thiophene rings is 1. The fraction of sp³-hybridized carbons (Fsp3) is 0.227. The van der Waals surface area contributed by atoms with Gasteiger partial charge in [-0.05, 0) is 41.1 Å². The molecule has 0 fully saturated rings. The summed E-state index contributed by atoms with van der Waals surface area (Å²) in [5.41, 5.74) is 2.33. The molecule has 0 bridgehead atoms. The summed E-state index contributed by atoms with van der Waals surface area (Å²) in [7, 11) is 0. The number of ether oxygens (including phenoxy) is 2. The number of carbonyl (C=O) groups excluding carboxylic acids is 1. The Morgan fingerprint density at radius 2 is 1.89 bits per heavy atom. The summed E-state index contributed by atoms with van der Waals surface area (Å²) in [4.78, 5) is 14.0. The highest BCUT2D eigenvalue weighted by molar-refractivity contribution is 7.10. The molecule has 5 heteroatoms. The quantitative estimate of drug-likeness (QED) is 0.717. The van der Waals surface area contributed by atoms with Gasteiger partial charge in [-0.15, -0.1) is 11.3 Å². The Hall–Kier alpha value is -2.79. The Morgan fingerprint density at radius 1 is 1.11 bits per heavy atom. The molecule has 0 spiro atoms. The number of rotatable bonds is 5. The van der Waals surface area contributed by atoms with E-state index in [1.807, 2.05) is 41.8 Å². The second-order valence-electron chi connectivity index (χ2n) is 6.42. The fourth-order valence-corrected chi connectivity index (χ4v) is 3.91. The average molecular weight is 379 g/mol. The van der Waals surface area contributed by atoms with Crippen molar-refractivity contribution in [1.29, 1.82) is 0 Å². The normalized spacial score (nSPS) is 16.6. The van der Waals surface area contributed by atoms with Crippen LogP contribution in [0.5, 0.6) is 11.5 Å². The molecular formula is C22H21NO3S. The van der Waals surface area contributed by atoms with Crippen LogP contribution in [0.15, 0.2) is 66.0 Å². The molecule has 0 saturated heterocycles. The van der Waals surface area contributed by atoms with E-state index in [9.17, 15) is 4.79 Å². The molecule has 1 aromatic heterocycles. The summed E-state index contributed by atoms with van der Waals surface area (Å²) in [6.45, 7) is 2.33. The Morgan fingerprint density at radius 3 is 2.59 bits per heavy atom. The molecule has 0 radical (unpaired) electrons. The second kappa shape index (κ2) is 7.84. The summed E-state index contributed by atoms with van der Waals surface area (Å²) in [6, 6.07) is 19.6. The minimum absolute atomic E-state index is 0.178. The lowest BCUT2D eigenvalue weighted by Gasteiger charge is -2.27. The number of para-hydroxylation sites is 2. The Balaban J connectivity index is 1.54. The Labute approximate surface area is 162 Å². The lowest BCUT2D eigenvalue weighted by molar-refractivity contribution is -0.130. The van der Waals surface area contributed by atoms with Gasteiger partial charge in [0, 0.05) is 4.88 Å². The van der Waals surface area contributed by atoms with Crippen molar-refractivity contribution in [1.82, 2.24) is 5.32 Å². The molecule has 3 aromatic rings. The molecule has 4 rings (SSSR count). The Bertz CT molecular complexity index is 906. The first kappa shape index (κ1) is 17.6. The number of hydrogen-bond donors (Lipinski definition) is 1. The number of carbonyl (C=O) groups is 1. The topological polar surface area (TPSA) is 47.6 Å². The fourth-order valence-electron chi connectivity index (χ4n) is 3.10. The van der Waals surface area contributed by atoms with Crippen LogP contribution >= 0.6 is 11.3 Å². The van der Waals surface area contributed by atoms with E-state index in [1.165, 1.54) is 5.56 Å². The minimum atomic E-state index is -0.669. The maximum absolute atomic E-state index is 12.9. The second-order valence-corrected chi connectivity index (χ2v) is 7.40. The van der Waals surface area contributed by atoms with Crippen LogP contribution in [-0.4, -0.2) is 18.6 Å². The zero-order valence-electron chi connectivity index (χ0n) is 15.1. The van der Waals surface area contributed by atoms with Gasteiger partial charge in [-0.25, -0.2) is 0 Å². The number of amides is 1. The molecule has 2 atom stereocenters. The van der Waals surface area contributed by atoms with E-state index in [0.717, 1.165) is 16.9 Å². The first-order chi connectivity index (χ1) is 13.2. The summed E-state index contributed by atoms with van der Waals surface area (Å²) in [5.74, 6) is 1.10. The molecule has 2 aromatic carbocycles. The van der Waals surface area contributed by atoms with Gasteiger partial charge < -0.3 is 14.8 Å². The van der Waals surface area contributed by atoms with E-state index in [0.29, 0.717) is 11.5 Å². The molecule has 1 aliphatic heterocycles. The molecule has 138 valence electrons. The zero-order chi connectivity index (χ0) is 18.6. The van der Waals surface area contributed by atoms with Crippen LogP contribution in [0.25, 0.3) is 0 Å². The smallest absolute Gasteiger partial charge is 0.265 e. The standard InChI is InChI=1S/C22H21NO3S/c1-2-15-9-11-16(12-10-15)21(20-8-5-13-27-20)23-22(24)19-14-25-17-6-3-4-7-18(17)26-19/h3-13,19,21H,2,14H2,1H3,(H,23,24)/t19-,21-/m1/s1. The van der Waals surface area contributed by atoms with Crippen molar-refractivity contribution in [3.05, 3.63) is 82.0 Å². The van der Waals surface area contributed by atoms with E-state index >= 15 is 0 Å². The van der Waals surface area contributed by atoms with Gasteiger partial charge in [-0.3, -0.25) is 4.79 Å². The first-order valence-electron chi connectivity index (χ1n) is 9.05. The van der Waals surface area contributed by atoms with Crippen LogP contribution in [0.4, 0.5) is 0 Å². The van der Waals surface area contributed by atoms with Gasteiger partial charge in [0.05, 0.1) is 6.04 Å². The van der Waals surface area contributed by atoms with E-state index < -0.39 is 6.10 Å². The van der Waals surface area contributed by atoms with E-state index in [2.05, 4.69) is 36.5 Å². The summed E-state index contributed by atoms with van der Waals surface area (Å²) >= 11 is 1.63. The predicted octanol–water partition coefficient (Wildman–Crippen LogP) is 4.36. The summed E-state index contributed by atoms with van der Waals surface area (Å²) in [6.07, 6.45) is 0.320. The molecule has 1 N–H and O–H groups in total. The molecule has 2 heterocycles. The monoisotopic (exact) mass is 379 g/mol. The molecule has 1 amide bonds. The van der Waals surface area contributed by atoms with Gasteiger partial charge >= 0.3 is 0 Å². The number of fused-ring (bicyclic) bond motifs is 1. The first-order valence-corrected chi connectivity index (χ1v) is 9.93. The third-order valence-electron chi connectivity index (χ3n) is 4.64. The molecule has 0 unspecified atom stereocenters.